The Balaban J connectivity index is 1.35. The number of aromatic amines is 1. The normalized spacial score (nSPS) is 17.6. The van der Waals surface area contributed by atoms with Gasteiger partial charge in [-0.15, -0.1) is 0 Å². The SMILES string of the molecule is Cc1cnc2[nH]c3ccc(-c4ccc(CCC5CCCOCC5)cc4)cc3c2c1. The molecule has 0 bridgehead atoms. The Morgan fingerprint density at radius 1 is 0.966 bits per heavy atom. The number of aromatic nitrogens is 2. The van der Waals surface area contributed by atoms with Crippen molar-refractivity contribution in [2.45, 2.75) is 39.0 Å². The van der Waals surface area contributed by atoms with E-state index < -0.39 is 0 Å². The summed E-state index contributed by atoms with van der Waals surface area (Å²) in [4.78, 5) is 7.96. The van der Waals surface area contributed by atoms with E-state index in [1.807, 2.05) is 6.20 Å². The van der Waals surface area contributed by atoms with E-state index >= 15 is 0 Å². The fourth-order valence-electron chi connectivity index (χ4n) is 4.55. The number of hydrogen-bond donors (Lipinski definition) is 1. The van der Waals surface area contributed by atoms with Crippen molar-refractivity contribution in [1.82, 2.24) is 9.97 Å². The largest absolute Gasteiger partial charge is 0.381 e. The zero-order valence-corrected chi connectivity index (χ0v) is 17.1. The van der Waals surface area contributed by atoms with Crippen molar-refractivity contribution in [1.29, 1.82) is 0 Å². The van der Waals surface area contributed by atoms with Crippen LogP contribution in [0.15, 0.2) is 54.7 Å². The number of pyridine rings is 1. The smallest absolute Gasteiger partial charge is 0.138 e. The van der Waals surface area contributed by atoms with E-state index in [4.69, 9.17) is 4.74 Å². The van der Waals surface area contributed by atoms with Crippen LogP contribution in [0, 0.1) is 12.8 Å². The summed E-state index contributed by atoms with van der Waals surface area (Å²) in [5.41, 5.74) is 7.26. The molecule has 1 aliphatic rings. The molecule has 1 saturated heterocycles. The molecule has 1 atom stereocenters. The fraction of sp³-hybridized carbons (Fsp3) is 0.346. The highest BCUT2D eigenvalue weighted by Gasteiger charge is 2.12. The lowest BCUT2D eigenvalue weighted by atomic mass is 9.92. The highest BCUT2D eigenvalue weighted by atomic mass is 16.5. The Labute approximate surface area is 172 Å². The summed E-state index contributed by atoms with van der Waals surface area (Å²) < 4.78 is 5.59. The molecule has 0 amide bonds. The van der Waals surface area contributed by atoms with Gasteiger partial charge in [-0.2, -0.15) is 0 Å². The van der Waals surface area contributed by atoms with Gasteiger partial charge < -0.3 is 9.72 Å². The predicted octanol–water partition coefficient (Wildman–Crippen LogP) is 6.44. The monoisotopic (exact) mass is 384 g/mol. The van der Waals surface area contributed by atoms with Crippen LogP contribution in [0.2, 0.25) is 0 Å². The Kier molecular flexibility index (Phi) is 5.07. The van der Waals surface area contributed by atoms with E-state index in [9.17, 15) is 0 Å². The van der Waals surface area contributed by atoms with Gasteiger partial charge >= 0.3 is 0 Å². The number of rotatable bonds is 4. The zero-order valence-electron chi connectivity index (χ0n) is 17.1. The summed E-state index contributed by atoms with van der Waals surface area (Å²) in [7, 11) is 0. The summed E-state index contributed by atoms with van der Waals surface area (Å²) in [6.45, 7) is 3.98. The van der Waals surface area contributed by atoms with Gasteiger partial charge in [-0.3, -0.25) is 0 Å². The van der Waals surface area contributed by atoms with Crippen LogP contribution < -0.4 is 0 Å². The van der Waals surface area contributed by atoms with Gasteiger partial charge in [0, 0.05) is 35.7 Å². The average molecular weight is 385 g/mol. The molecule has 4 aromatic rings. The van der Waals surface area contributed by atoms with Gasteiger partial charge in [0.25, 0.3) is 0 Å². The van der Waals surface area contributed by atoms with Crippen molar-refractivity contribution >= 4 is 21.9 Å². The van der Waals surface area contributed by atoms with E-state index in [1.54, 1.807) is 0 Å². The Bertz CT molecular complexity index is 1120. The van der Waals surface area contributed by atoms with Crippen LogP contribution in [0.1, 0.15) is 36.8 Å². The number of benzene rings is 2. The lowest BCUT2D eigenvalue weighted by molar-refractivity contribution is 0.141. The van der Waals surface area contributed by atoms with Crippen LogP contribution in [0.5, 0.6) is 0 Å². The lowest BCUT2D eigenvalue weighted by Gasteiger charge is -2.13. The molecule has 1 aliphatic heterocycles. The van der Waals surface area contributed by atoms with Crippen LogP contribution in [0.4, 0.5) is 0 Å². The van der Waals surface area contributed by atoms with Gasteiger partial charge in [-0.05, 0) is 85.4 Å². The highest BCUT2D eigenvalue weighted by molar-refractivity contribution is 6.07. The number of nitrogens with zero attached hydrogens (tertiary/aromatic N) is 1. The Hall–Kier alpha value is -2.65. The summed E-state index contributed by atoms with van der Waals surface area (Å²) in [5.74, 6) is 0.818. The number of nitrogens with one attached hydrogen (secondary N) is 1. The molecule has 1 N–H and O–H groups in total. The molecule has 2 aromatic carbocycles. The third-order valence-corrected chi connectivity index (χ3v) is 6.29. The van der Waals surface area contributed by atoms with Crippen LogP contribution in [-0.4, -0.2) is 23.2 Å². The van der Waals surface area contributed by atoms with Crippen molar-refractivity contribution in [2.24, 2.45) is 5.92 Å². The summed E-state index contributed by atoms with van der Waals surface area (Å²) in [5, 5.41) is 2.44. The van der Waals surface area contributed by atoms with Crippen LogP contribution >= 0.6 is 0 Å². The number of ether oxygens (including phenoxy) is 1. The molecule has 1 unspecified atom stereocenters. The molecule has 148 valence electrons. The molecule has 0 spiro atoms. The molecule has 29 heavy (non-hydrogen) atoms. The number of hydrogen-bond acceptors (Lipinski definition) is 2. The Morgan fingerprint density at radius 3 is 2.72 bits per heavy atom. The first-order chi connectivity index (χ1) is 14.3. The third-order valence-electron chi connectivity index (χ3n) is 6.29. The molecule has 3 heteroatoms. The average Bonchev–Trinajstić information content (AvgIpc) is 2.91. The lowest BCUT2D eigenvalue weighted by Crippen LogP contribution is -2.02. The second kappa shape index (κ2) is 8.00. The maximum absolute atomic E-state index is 5.59. The van der Waals surface area contributed by atoms with E-state index in [0.717, 1.165) is 36.7 Å². The quantitative estimate of drug-likeness (QED) is 0.439. The van der Waals surface area contributed by atoms with Crippen molar-refractivity contribution in [2.75, 3.05) is 13.2 Å². The van der Waals surface area contributed by atoms with Crippen LogP contribution in [-0.2, 0) is 11.2 Å². The number of fused-ring (bicyclic) bond motifs is 3. The van der Waals surface area contributed by atoms with Gasteiger partial charge in [-0.25, -0.2) is 4.98 Å². The third kappa shape index (κ3) is 3.92. The summed E-state index contributed by atoms with van der Waals surface area (Å²) >= 11 is 0. The predicted molar refractivity (Wildman–Crippen MR) is 120 cm³/mol. The molecule has 0 saturated carbocycles. The molecular formula is C26H28N2O. The maximum Gasteiger partial charge on any atom is 0.138 e. The van der Waals surface area contributed by atoms with Crippen molar-refractivity contribution in [3.63, 3.8) is 0 Å². The maximum atomic E-state index is 5.59. The van der Waals surface area contributed by atoms with Crippen LogP contribution in [0.3, 0.4) is 0 Å². The van der Waals surface area contributed by atoms with Crippen LogP contribution in [0.25, 0.3) is 33.1 Å². The number of H-pyrrole nitrogens is 1. The van der Waals surface area contributed by atoms with E-state index in [2.05, 4.69) is 65.4 Å². The molecule has 3 nitrogen and oxygen atoms in total. The van der Waals surface area contributed by atoms with Gasteiger partial charge in [0.15, 0.2) is 0 Å². The zero-order chi connectivity index (χ0) is 19.6. The first-order valence-corrected chi connectivity index (χ1v) is 10.8. The first kappa shape index (κ1) is 18.4. The first-order valence-electron chi connectivity index (χ1n) is 10.8. The topological polar surface area (TPSA) is 37.9 Å². The van der Waals surface area contributed by atoms with E-state index in [-0.39, 0.29) is 0 Å². The van der Waals surface area contributed by atoms with Crippen molar-refractivity contribution in [3.05, 3.63) is 65.9 Å². The summed E-state index contributed by atoms with van der Waals surface area (Å²) in [6, 6.07) is 18.0. The Morgan fingerprint density at radius 2 is 1.83 bits per heavy atom. The molecule has 0 radical (unpaired) electrons. The van der Waals surface area contributed by atoms with Gasteiger partial charge in [0.1, 0.15) is 5.65 Å². The van der Waals surface area contributed by atoms with Gasteiger partial charge in [-0.1, -0.05) is 30.3 Å². The minimum absolute atomic E-state index is 0.818. The van der Waals surface area contributed by atoms with Crippen molar-refractivity contribution in [3.8, 4) is 11.1 Å². The van der Waals surface area contributed by atoms with Gasteiger partial charge in [0.2, 0.25) is 0 Å². The molecule has 5 rings (SSSR count). The van der Waals surface area contributed by atoms with E-state index in [0.29, 0.717) is 0 Å². The number of aryl methyl sites for hydroxylation is 2. The van der Waals surface area contributed by atoms with Gasteiger partial charge in [0.05, 0.1) is 0 Å². The molecule has 2 aromatic heterocycles. The minimum Gasteiger partial charge on any atom is -0.381 e. The second-order valence-electron chi connectivity index (χ2n) is 8.44. The molecular weight excluding hydrogens is 356 g/mol. The minimum atomic E-state index is 0.818. The fourth-order valence-corrected chi connectivity index (χ4v) is 4.55. The standard InChI is InChI=1S/C26H28N2O/c1-18-15-24-23-16-22(10-11-25(23)28-26(24)27-17-18)21-8-6-20(7-9-21)5-4-19-3-2-13-29-14-12-19/h6-11,15-17,19H,2-5,12-14H2,1H3,(H,27,28). The molecule has 3 heterocycles. The summed E-state index contributed by atoms with van der Waals surface area (Å²) in [6.07, 6.45) is 8.11. The molecule has 1 fully saturated rings. The second-order valence-corrected chi connectivity index (χ2v) is 8.44. The molecule has 0 aliphatic carbocycles. The van der Waals surface area contributed by atoms with Crippen molar-refractivity contribution < 1.29 is 4.74 Å². The highest BCUT2D eigenvalue weighted by Crippen LogP contribution is 2.30. The van der Waals surface area contributed by atoms with E-state index in [1.165, 1.54) is 58.7 Å².